The van der Waals surface area contributed by atoms with Crippen molar-refractivity contribution in [2.45, 2.75) is 290 Å². The Morgan fingerprint density at radius 2 is 0.555 bits per heavy atom. The zero-order valence-corrected chi connectivity index (χ0v) is 58.3. The summed E-state index contributed by atoms with van der Waals surface area (Å²) in [6.07, 6.45) is -91.0. The van der Waals surface area contributed by atoms with Crippen LogP contribution in [0.5, 0.6) is 0 Å². The summed E-state index contributed by atoms with van der Waals surface area (Å²) in [5.41, 5.74) is 0. The number of carbonyl (C=O) groups is 3. The first-order valence-electron chi connectivity index (χ1n) is 34.8. The van der Waals surface area contributed by atoms with Gasteiger partial charge in [0.05, 0.1) is 72.0 Å². The number of carboxylic acid groups (broad SMARTS) is 1. The molecule has 9 fully saturated rings. The van der Waals surface area contributed by atoms with Crippen LogP contribution in [0.15, 0.2) is 0 Å². The normalized spacial score (nSPS) is 49.7. The highest BCUT2D eigenvalue weighted by molar-refractivity contribution is 5.74. The van der Waals surface area contributed by atoms with Crippen LogP contribution < -0.4 is 16.0 Å². The molecule has 1 unspecified atom stereocenters. The maximum absolute atomic E-state index is 13.0. The average Bonchev–Trinajstić information content (AvgIpc) is 0.763. The van der Waals surface area contributed by atoms with Gasteiger partial charge in [-0.25, -0.2) is 0 Å². The second-order valence-corrected chi connectivity index (χ2v) is 27.5. The van der Waals surface area contributed by atoms with Crippen molar-refractivity contribution in [3.8, 4) is 0 Å². The number of rotatable bonds is 30. The summed E-state index contributed by atoms with van der Waals surface area (Å²) in [4.78, 5) is 37.0. The van der Waals surface area contributed by atoms with Crippen LogP contribution in [0, 0.1) is 0 Å². The number of nitrogens with one attached hydrogen (secondary N) is 3. The van der Waals surface area contributed by atoms with E-state index in [0.29, 0.717) is 0 Å². The van der Waals surface area contributed by atoms with Crippen LogP contribution in [0.4, 0.5) is 0 Å². The minimum atomic E-state index is -2.61. The fraction of sp³-hybridized carbons (Fsp3) is 0.950. The van der Waals surface area contributed by atoms with E-state index in [1.165, 1.54) is 0 Å². The number of aliphatic carboxylic acids is 1. The molecule has 110 heavy (non-hydrogen) atoms. The van der Waals surface area contributed by atoms with Gasteiger partial charge < -0.3 is 229 Å². The molecule has 0 aliphatic carbocycles. The van der Waals surface area contributed by atoms with Crippen LogP contribution in [-0.4, -0.2) is 498 Å². The van der Waals surface area contributed by atoms with Gasteiger partial charge in [0.15, 0.2) is 50.3 Å². The average molecular weight is 1620 g/mol. The van der Waals surface area contributed by atoms with Gasteiger partial charge in [-0.3, -0.25) is 19.7 Å². The molecule has 50 nitrogen and oxygen atoms in total. The lowest BCUT2D eigenvalue weighted by atomic mass is 9.93. The zero-order chi connectivity index (χ0) is 80.9. The Morgan fingerprint density at radius 3 is 0.973 bits per heavy atom. The number of hydrogen-bond donors (Lipinski definition) is 30. The number of carbonyl (C=O) groups excluding carboxylic acids is 2. The topological polar surface area (TPSA) is 790 Å². The Bertz CT molecular complexity index is 2860. The van der Waals surface area contributed by atoms with E-state index in [4.69, 9.17) is 80.5 Å². The number of ether oxygens (including phenoxy) is 17. The van der Waals surface area contributed by atoms with Crippen molar-refractivity contribution in [1.82, 2.24) is 16.0 Å². The van der Waals surface area contributed by atoms with Gasteiger partial charge in [-0.15, -0.1) is 0 Å². The second kappa shape index (κ2) is 39.7. The standard InChI is InChI=1S/C60H101N3O47/c1-13(71)62-25-34(82)46(20(9-69)96-52(25)61-3-24(73)74)105-53-26(63-14(2)72)35(83)47(21(10-70)102-53)106-58-45(93)49(108-59-51(40(88)31(79)18(7-67)100-59)110-60-50(39(87)30(78)19(8-68)101-60)109-57-43(91)38(86)29(77)17(6-66)99-57)33(81)23(104-58)12-95-55-44(92)48(107-56-42(90)37(85)28(76)16(5-65)98-56)32(80)22(103-55)11-94-54-41(89)36(84)27(75)15(4-64)97-54/h15-23,25-61,64-70,75-93H,3-12H2,1-2H3,(H,62,71)(H,63,72)(H,73,74)/t15-,16-,17-,18-,19-,20-,21-,22-,23-,25-,26-,27-,28-,29-,30-,31-,32-,33-,34-,35-,36+,37+,38+,39+,40+,41+,42+,43+,44+,45+,46-,47-,48+,49+,50+,51+,52?,53+,54+,55+,56-,57-,58+,59-,60-/m1/s1. The summed E-state index contributed by atoms with van der Waals surface area (Å²) in [5.74, 6) is -3.17. The van der Waals surface area contributed by atoms with E-state index in [1.807, 2.05) is 0 Å². The molecule has 0 spiro atoms. The lowest BCUT2D eigenvalue weighted by Gasteiger charge is -2.51. The number of carboxylic acids is 1. The molecule has 50 heteroatoms. The van der Waals surface area contributed by atoms with E-state index >= 15 is 0 Å². The molecule has 9 aliphatic heterocycles. The molecule has 0 aromatic heterocycles. The SMILES string of the molecule is CC(=O)N[C@H]1[C@H](O[C@H]2[C@H](O)[C@@H](NC(C)=O)C(NCC(=O)O)O[C@@H]2CO)O[C@H](CO)[C@@H](O[C@@H]2O[C@H](CO[C@H]3O[C@H](CO[C@H]4O[C@H](CO)[C@@H](O)[C@H](O)[C@@H]4O)[C@@H](O)[C@H](O[C@H]4O[C@H](CO)[C@@H](O)[C@H](O)[C@@H]4O)[C@@H]3O)[C@@H](O)[C@H](O[C@H]3O[C@H](CO)[C@@H](O)[C@H](O)[C@@H]3O[C@H]3O[C@H](CO)[C@@H](O)[C@H](O)[C@@H]3O[C@H]3O[C@H](CO)[C@@H](O)[C@H](O)[C@@H]3O)[C@@H]2O)[C@@H]1O. The van der Waals surface area contributed by atoms with Gasteiger partial charge in [0.1, 0.15) is 220 Å². The smallest absolute Gasteiger partial charge is 0.317 e. The predicted octanol–water partition coefficient (Wildman–Crippen LogP) is -20.7. The van der Waals surface area contributed by atoms with Gasteiger partial charge in [0.25, 0.3) is 0 Å². The van der Waals surface area contributed by atoms with E-state index < -0.39 is 360 Å². The summed E-state index contributed by atoms with van der Waals surface area (Å²) >= 11 is 0. The molecule has 30 N–H and O–H groups in total. The van der Waals surface area contributed by atoms with Gasteiger partial charge in [-0.1, -0.05) is 0 Å². The van der Waals surface area contributed by atoms with Gasteiger partial charge >= 0.3 is 5.97 Å². The lowest BCUT2D eigenvalue weighted by Crippen LogP contribution is -2.71. The fourth-order valence-electron chi connectivity index (χ4n) is 13.9. The minimum Gasteiger partial charge on any atom is -0.480 e. The quantitative estimate of drug-likeness (QED) is 0.0318. The molecule has 0 radical (unpaired) electrons. The molecule has 9 saturated heterocycles. The summed E-state index contributed by atoms with van der Waals surface area (Å²) in [5, 5.41) is 304. The molecule has 2 amide bonds. The summed E-state index contributed by atoms with van der Waals surface area (Å²) < 4.78 is 99.6. The minimum absolute atomic E-state index is 0.794. The monoisotopic (exact) mass is 1620 g/mol. The Hall–Kier alpha value is -3.35. The molecule has 9 rings (SSSR count). The molecule has 0 aromatic carbocycles. The molecule has 45 atom stereocenters. The van der Waals surface area contributed by atoms with Crippen LogP contribution in [0.1, 0.15) is 13.8 Å². The van der Waals surface area contributed by atoms with Crippen molar-refractivity contribution in [3.63, 3.8) is 0 Å². The number of hydrogen-bond acceptors (Lipinski definition) is 47. The Kier molecular flexibility index (Phi) is 32.7. The number of aliphatic hydroxyl groups is 26. The largest absolute Gasteiger partial charge is 0.480 e. The van der Waals surface area contributed by atoms with Gasteiger partial charge in [-0.2, -0.15) is 0 Å². The molecule has 9 aliphatic rings. The van der Waals surface area contributed by atoms with Crippen molar-refractivity contribution in [2.24, 2.45) is 0 Å². The van der Waals surface area contributed by atoms with Crippen LogP contribution >= 0.6 is 0 Å². The maximum atomic E-state index is 13.0. The fourth-order valence-corrected chi connectivity index (χ4v) is 13.9. The Balaban J connectivity index is 1.06. The zero-order valence-electron chi connectivity index (χ0n) is 58.3. The third-order valence-corrected chi connectivity index (χ3v) is 20.0. The predicted molar refractivity (Wildman–Crippen MR) is 334 cm³/mol. The Labute approximate surface area is 621 Å². The van der Waals surface area contributed by atoms with E-state index in [2.05, 4.69) is 16.0 Å². The third kappa shape index (κ3) is 19.9. The van der Waals surface area contributed by atoms with Crippen LogP contribution in [0.3, 0.4) is 0 Å². The number of amides is 2. The highest BCUT2D eigenvalue weighted by Gasteiger charge is 2.61. The van der Waals surface area contributed by atoms with Crippen LogP contribution in [0.25, 0.3) is 0 Å². The Morgan fingerprint density at radius 1 is 0.273 bits per heavy atom. The van der Waals surface area contributed by atoms with Crippen molar-refractivity contribution >= 4 is 17.8 Å². The molecule has 0 bridgehead atoms. The first-order chi connectivity index (χ1) is 52.1. The van der Waals surface area contributed by atoms with Crippen molar-refractivity contribution < 1.29 is 233 Å². The van der Waals surface area contributed by atoms with Gasteiger partial charge in [-0.05, 0) is 0 Å². The third-order valence-electron chi connectivity index (χ3n) is 20.0. The lowest BCUT2D eigenvalue weighted by molar-refractivity contribution is -0.408. The van der Waals surface area contributed by atoms with Crippen molar-refractivity contribution in [2.75, 3.05) is 66.0 Å². The number of aliphatic hydroxyl groups excluding tert-OH is 26. The molecule has 638 valence electrons. The molecular weight excluding hydrogens is 1510 g/mol. The highest BCUT2D eigenvalue weighted by Crippen LogP contribution is 2.40. The van der Waals surface area contributed by atoms with Crippen LogP contribution in [0.2, 0.25) is 0 Å². The van der Waals surface area contributed by atoms with E-state index in [9.17, 15) is 152 Å². The first kappa shape index (κ1) is 90.6. The van der Waals surface area contributed by atoms with E-state index in [1.54, 1.807) is 0 Å². The van der Waals surface area contributed by atoms with Gasteiger partial charge in [0.2, 0.25) is 11.8 Å². The van der Waals surface area contributed by atoms with E-state index in [-0.39, 0.29) is 0 Å². The van der Waals surface area contributed by atoms with Crippen LogP contribution in [-0.2, 0) is 94.9 Å². The molecular formula is C60H101N3O47. The van der Waals surface area contributed by atoms with Crippen molar-refractivity contribution in [3.05, 3.63) is 0 Å². The second-order valence-electron chi connectivity index (χ2n) is 27.5. The molecule has 0 saturated carbocycles. The summed E-state index contributed by atoms with van der Waals surface area (Å²) in [6, 6.07) is -3.53. The summed E-state index contributed by atoms with van der Waals surface area (Å²) in [7, 11) is 0. The molecule has 9 heterocycles. The first-order valence-corrected chi connectivity index (χ1v) is 34.8. The van der Waals surface area contributed by atoms with Crippen molar-refractivity contribution in [1.29, 1.82) is 0 Å². The maximum Gasteiger partial charge on any atom is 0.317 e. The highest BCUT2D eigenvalue weighted by atomic mass is 16.8. The summed E-state index contributed by atoms with van der Waals surface area (Å²) in [6.45, 7) is -8.67. The van der Waals surface area contributed by atoms with E-state index in [0.717, 1.165) is 13.8 Å². The molecule has 0 aromatic rings. The van der Waals surface area contributed by atoms with Gasteiger partial charge in [0, 0.05) is 13.8 Å².